The zero-order chi connectivity index (χ0) is 9.35. The molecule has 1 aliphatic rings. The standard InChI is InChI=1S/C8H10Cl2O2/c1-8(2)5(3-6(9)10)7(8)12-4-11/h3-5,7H,1-2H3. The Morgan fingerprint density at radius 2 is 2.08 bits per heavy atom. The van der Waals surface area contributed by atoms with E-state index >= 15 is 0 Å². The maximum Gasteiger partial charge on any atom is 0.293 e. The summed E-state index contributed by atoms with van der Waals surface area (Å²) < 4.78 is 5.07. The summed E-state index contributed by atoms with van der Waals surface area (Å²) in [5, 5.41) is 0. The van der Waals surface area contributed by atoms with Crippen molar-refractivity contribution < 1.29 is 9.53 Å². The van der Waals surface area contributed by atoms with Crippen molar-refractivity contribution in [2.75, 3.05) is 0 Å². The van der Waals surface area contributed by atoms with Gasteiger partial charge >= 0.3 is 0 Å². The number of hydrogen-bond acceptors (Lipinski definition) is 2. The second kappa shape index (κ2) is 3.27. The fraction of sp³-hybridized carbons (Fsp3) is 0.625. The molecular formula is C8H10Cl2O2. The molecule has 0 aliphatic heterocycles. The zero-order valence-corrected chi connectivity index (χ0v) is 8.39. The van der Waals surface area contributed by atoms with E-state index in [1.165, 1.54) is 0 Å². The second-order valence-corrected chi connectivity index (χ2v) is 4.46. The van der Waals surface area contributed by atoms with Crippen molar-refractivity contribution in [1.82, 2.24) is 0 Å². The molecule has 0 radical (unpaired) electrons. The molecule has 1 aliphatic carbocycles. The van der Waals surface area contributed by atoms with E-state index in [1.807, 2.05) is 13.8 Å². The predicted molar refractivity (Wildman–Crippen MR) is 48.0 cm³/mol. The Hall–Kier alpha value is -0.210. The van der Waals surface area contributed by atoms with Crippen molar-refractivity contribution in [1.29, 1.82) is 0 Å². The minimum atomic E-state index is -0.0810. The second-order valence-electron chi connectivity index (χ2n) is 3.46. The van der Waals surface area contributed by atoms with Crippen molar-refractivity contribution in [3.05, 3.63) is 10.6 Å². The lowest BCUT2D eigenvalue weighted by atomic mass is 10.1. The molecule has 1 rings (SSSR count). The largest absolute Gasteiger partial charge is 0.463 e. The van der Waals surface area contributed by atoms with Gasteiger partial charge in [-0.25, -0.2) is 0 Å². The number of ether oxygens (including phenoxy) is 1. The van der Waals surface area contributed by atoms with E-state index < -0.39 is 0 Å². The Kier molecular flexibility index (Phi) is 2.69. The summed E-state index contributed by atoms with van der Waals surface area (Å²) in [6, 6.07) is 0. The van der Waals surface area contributed by atoms with Gasteiger partial charge in [0, 0.05) is 11.3 Å². The summed E-state index contributed by atoms with van der Waals surface area (Å²) in [6.07, 6.45) is 1.62. The third kappa shape index (κ3) is 1.75. The molecule has 68 valence electrons. The molecule has 2 nitrogen and oxygen atoms in total. The maximum atomic E-state index is 10.1. The lowest BCUT2D eigenvalue weighted by Gasteiger charge is -1.97. The van der Waals surface area contributed by atoms with Gasteiger partial charge in [0.1, 0.15) is 10.6 Å². The molecule has 2 unspecified atom stereocenters. The van der Waals surface area contributed by atoms with Gasteiger partial charge < -0.3 is 4.74 Å². The molecule has 0 saturated heterocycles. The first kappa shape index (κ1) is 9.87. The van der Waals surface area contributed by atoms with Gasteiger partial charge in [-0.3, -0.25) is 4.79 Å². The quantitative estimate of drug-likeness (QED) is 0.667. The molecule has 4 heteroatoms. The van der Waals surface area contributed by atoms with Crippen LogP contribution < -0.4 is 0 Å². The molecule has 0 spiro atoms. The Bertz CT molecular complexity index is 219. The van der Waals surface area contributed by atoms with Crippen LogP contribution in [0.3, 0.4) is 0 Å². The minimum absolute atomic E-state index is 0.0318. The first-order valence-corrected chi connectivity index (χ1v) is 4.37. The predicted octanol–water partition coefficient (Wildman–Crippen LogP) is 2.50. The van der Waals surface area contributed by atoms with Gasteiger partial charge in [0.2, 0.25) is 0 Å². The van der Waals surface area contributed by atoms with Gasteiger partial charge in [-0.05, 0) is 6.08 Å². The summed E-state index contributed by atoms with van der Waals surface area (Å²) >= 11 is 11.0. The highest BCUT2D eigenvalue weighted by Crippen LogP contribution is 2.55. The van der Waals surface area contributed by atoms with Gasteiger partial charge in [0.05, 0.1) is 0 Å². The third-order valence-electron chi connectivity index (χ3n) is 2.32. The van der Waals surface area contributed by atoms with E-state index in [1.54, 1.807) is 6.08 Å². The fourth-order valence-corrected chi connectivity index (χ4v) is 1.66. The SMILES string of the molecule is CC1(C)C(C=C(Cl)Cl)C1OC=O. The summed E-state index contributed by atoms with van der Waals surface area (Å²) in [4.78, 5) is 10.1. The molecule has 0 bridgehead atoms. The summed E-state index contributed by atoms with van der Waals surface area (Å²) in [5.41, 5.74) is -0.0318. The maximum absolute atomic E-state index is 10.1. The highest BCUT2D eigenvalue weighted by Gasteiger charge is 2.59. The Morgan fingerprint density at radius 1 is 1.50 bits per heavy atom. The van der Waals surface area contributed by atoms with Gasteiger partial charge in [-0.2, -0.15) is 0 Å². The van der Waals surface area contributed by atoms with Crippen LogP contribution in [-0.4, -0.2) is 12.6 Å². The van der Waals surface area contributed by atoms with Crippen LogP contribution >= 0.6 is 23.2 Å². The molecule has 0 N–H and O–H groups in total. The average Bonchev–Trinajstić information content (AvgIpc) is 2.39. The van der Waals surface area contributed by atoms with Gasteiger partial charge in [0.15, 0.2) is 0 Å². The highest BCUT2D eigenvalue weighted by atomic mass is 35.5. The normalized spacial score (nSPS) is 30.7. The molecule has 2 atom stereocenters. The lowest BCUT2D eigenvalue weighted by Crippen LogP contribution is -1.98. The molecule has 0 heterocycles. The zero-order valence-electron chi connectivity index (χ0n) is 6.88. The van der Waals surface area contributed by atoms with Crippen molar-refractivity contribution in [2.24, 2.45) is 11.3 Å². The van der Waals surface area contributed by atoms with E-state index in [2.05, 4.69) is 0 Å². The van der Waals surface area contributed by atoms with Gasteiger partial charge in [0.25, 0.3) is 6.47 Å². The molecule has 0 amide bonds. The van der Waals surface area contributed by atoms with Crippen LogP contribution in [0.1, 0.15) is 13.8 Å². The van der Waals surface area contributed by atoms with Crippen molar-refractivity contribution >= 4 is 29.7 Å². The van der Waals surface area contributed by atoms with Crippen molar-refractivity contribution in [2.45, 2.75) is 20.0 Å². The van der Waals surface area contributed by atoms with Gasteiger partial charge in [-0.15, -0.1) is 0 Å². The smallest absolute Gasteiger partial charge is 0.293 e. The molecular weight excluding hydrogens is 199 g/mol. The van der Waals surface area contributed by atoms with E-state index in [0.717, 1.165) is 0 Å². The molecule has 1 saturated carbocycles. The van der Waals surface area contributed by atoms with E-state index in [9.17, 15) is 4.79 Å². The summed E-state index contributed by atoms with van der Waals surface area (Å²) in [5.74, 6) is 0.146. The Morgan fingerprint density at radius 3 is 2.50 bits per heavy atom. The number of rotatable bonds is 3. The van der Waals surface area contributed by atoms with Crippen LogP contribution in [0.25, 0.3) is 0 Å². The van der Waals surface area contributed by atoms with Crippen LogP contribution in [0.15, 0.2) is 10.6 Å². The van der Waals surface area contributed by atoms with Crippen LogP contribution in [0, 0.1) is 11.3 Å². The van der Waals surface area contributed by atoms with E-state index in [0.29, 0.717) is 6.47 Å². The summed E-state index contributed by atoms with van der Waals surface area (Å²) in [7, 11) is 0. The third-order valence-corrected chi connectivity index (χ3v) is 2.57. The van der Waals surface area contributed by atoms with Crippen LogP contribution in [0.5, 0.6) is 0 Å². The van der Waals surface area contributed by atoms with Crippen LogP contribution in [0.2, 0.25) is 0 Å². The first-order chi connectivity index (χ1) is 5.50. The molecule has 0 aromatic rings. The van der Waals surface area contributed by atoms with Crippen LogP contribution in [-0.2, 0) is 9.53 Å². The Balaban J connectivity index is 2.60. The highest BCUT2D eigenvalue weighted by molar-refractivity contribution is 6.55. The number of carbonyl (C=O) groups excluding carboxylic acids is 1. The molecule has 1 fully saturated rings. The number of hydrogen-bond donors (Lipinski definition) is 0. The molecule has 0 aromatic heterocycles. The van der Waals surface area contributed by atoms with Crippen molar-refractivity contribution in [3.63, 3.8) is 0 Å². The molecule has 0 aromatic carbocycles. The lowest BCUT2D eigenvalue weighted by molar-refractivity contribution is -0.130. The first-order valence-electron chi connectivity index (χ1n) is 3.62. The van der Waals surface area contributed by atoms with Crippen molar-refractivity contribution in [3.8, 4) is 0 Å². The monoisotopic (exact) mass is 208 g/mol. The minimum Gasteiger partial charge on any atom is -0.463 e. The van der Waals surface area contributed by atoms with E-state index in [-0.39, 0.29) is 21.9 Å². The topological polar surface area (TPSA) is 26.3 Å². The summed E-state index contributed by atoms with van der Waals surface area (Å²) in [6.45, 7) is 4.46. The van der Waals surface area contributed by atoms with Gasteiger partial charge in [-0.1, -0.05) is 37.0 Å². The van der Waals surface area contributed by atoms with E-state index in [4.69, 9.17) is 27.9 Å². The number of carbonyl (C=O) groups is 1. The number of halogens is 2. The Labute approximate surface area is 81.5 Å². The molecule has 12 heavy (non-hydrogen) atoms. The fourth-order valence-electron chi connectivity index (χ4n) is 1.39. The van der Waals surface area contributed by atoms with Crippen LogP contribution in [0.4, 0.5) is 0 Å². The average molecular weight is 209 g/mol.